The van der Waals surface area contributed by atoms with Gasteiger partial charge in [0.25, 0.3) is 11.8 Å². The molecular formula is C28H27N7O2. The van der Waals surface area contributed by atoms with Gasteiger partial charge in [0, 0.05) is 18.5 Å². The molecule has 2 aromatic carbocycles. The van der Waals surface area contributed by atoms with Crippen molar-refractivity contribution in [2.24, 2.45) is 0 Å². The Labute approximate surface area is 214 Å². The molecule has 0 aliphatic rings. The summed E-state index contributed by atoms with van der Waals surface area (Å²) < 4.78 is 3.21. The fourth-order valence-corrected chi connectivity index (χ4v) is 4.28. The van der Waals surface area contributed by atoms with Gasteiger partial charge in [-0.15, -0.1) is 0 Å². The van der Waals surface area contributed by atoms with Crippen molar-refractivity contribution in [3.05, 3.63) is 95.9 Å². The first kappa shape index (κ1) is 23.9. The summed E-state index contributed by atoms with van der Waals surface area (Å²) in [4.78, 5) is 33.1. The van der Waals surface area contributed by atoms with Crippen LogP contribution in [0, 0.1) is 6.92 Å². The molecule has 2 amide bonds. The number of hydrogen-bond donors (Lipinski definition) is 1. The summed E-state index contributed by atoms with van der Waals surface area (Å²) >= 11 is 0. The lowest BCUT2D eigenvalue weighted by atomic mass is 10.2. The zero-order valence-corrected chi connectivity index (χ0v) is 20.9. The zero-order chi connectivity index (χ0) is 25.9. The van der Waals surface area contributed by atoms with Gasteiger partial charge in [0.15, 0.2) is 5.82 Å². The Morgan fingerprint density at radius 3 is 2.27 bits per heavy atom. The van der Waals surface area contributed by atoms with E-state index in [0.29, 0.717) is 41.5 Å². The van der Waals surface area contributed by atoms with Gasteiger partial charge in [-0.05, 0) is 51.1 Å². The van der Waals surface area contributed by atoms with Crippen molar-refractivity contribution in [2.45, 2.75) is 20.8 Å². The lowest BCUT2D eigenvalue weighted by molar-refractivity contribution is 0.0774. The van der Waals surface area contributed by atoms with Crippen molar-refractivity contribution in [1.82, 2.24) is 29.4 Å². The molecule has 9 nitrogen and oxygen atoms in total. The monoisotopic (exact) mass is 493 g/mol. The summed E-state index contributed by atoms with van der Waals surface area (Å²) in [6.45, 7) is 6.74. The van der Waals surface area contributed by atoms with Crippen molar-refractivity contribution in [2.75, 3.05) is 18.4 Å². The highest BCUT2D eigenvalue weighted by Gasteiger charge is 2.25. The maximum absolute atomic E-state index is 13.5. The maximum Gasteiger partial charge on any atom is 0.260 e. The third-order valence-electron chi connectivity index (χ3n) is 6.34. The topological polar surface area (TPSA) is 97.9 Å². The molecule has 0 spiro atoms. The molecule has 9 heteroatoms. The van der Waals surface area contributed by atoms with E-state index in [2.05, 4.69) is 20.5 Å². The number of benzene rings is 2. The second kappa shape index (κ2) is 10.1. The third kappa shape index (κ3) is 4.47. The molecule has 0 aliphatic heterocycles. The first-order valence-corrected chi connectivity index (χ1v) is 12.2. The number of nitrogens with zero attached hydrogens (tertiary/aromatic N) is 6. The number of carbonyl (C=O) groups is 2. The van der Waals surface area contributed by atoms with Gasteiger partial charge in [0.2, 0.25) is 0 Å². The quantitative estimate of drug-likeness (QED) is 0.356. The Hall–Kier alpha value is -4.79. The van der Waals surface area contributed by atoms with Gasteiger partial charge in [0.05, 0.1) is 34.9 Å². The summed E-state index contributed by atoms with van der Waals surface area (Å²) in [6, 6.07) is 21.0. The normalized spacial score (nSPS) is 11.0. The average molecular weight is 494 g/mol. The SMILES string of the molecule is CCN(CC)C(=O)c1cnn(-c2ccccc2)c1NC(=O)c1cnn(-c2ccc3ccccc3n2)c1C. The van der Waals surface area contributed by atoms with Crippen molar-refractivity contribution in [3.63, 3.8) is 0 Å². The van der Waals surface area contributed by atoms with Crippen LogP contribution in [0.1, 0.15) is 40.3 Å². The van der Waals surface area contributed by atoms with E-state index in [1.165, 1.54) is 12.4 Å². The molecule has 5 aromatic rings. The Morgan fingerprint density at radius 2 is 1.51 bits per heavy atom. The highest BCUT2D eigenvalue weighted by atomic mass is 16.2. The third-order valence-corrected chi connectivity index (χ3v) is 6.34. The highest BCUT2D eigenvalue weighted by Crippen LogP contribution is 2.24. The van der Waals surface area contributed by atoms with Crippen LogP contribution in [0.3, 0.4) is 0 Å². The summed E-state index contributed by atoms with van der Waals surface area (Å²) in [7, 11) is 0. The van der Waals surface area contributed by atoms with Gasteiger partial charge in [-0.2, -0.15) is 10.2 Å². The van der Waals surface area contributed by atoms with Crippen LogP contribution in [-0.4, -0.2) is 54.3 Å². The van der Waals surface area contributed by atoms with E-state index in [0.717, 1.165) is 16.6 Å². The molecule has 186 valence electrons. The Morgan fingerprint density at radius 1 is 0.838 bits per heavy atom. The van der Waals surface area contributed by atoms with Crippen LogP contribution in [0.2, 0.25) is 0 Å². The largest absolute Gasteiger partial charge is 0.339 e. The first-order valence-electron chi connectivity index (χ1n) is 12.2. The fourth-order valence-electron chi connectivity index (χ4n) is 4.28. The molecule has 0 fully saturated rings. The molecule has 0 saturated carbocycles. The second-order valence-electron chi connectivity index (χ2n) is 8.50. The second-order valence-corrected chi connectivity index (χ2v) is 8.50. The van der Waals surface area contributed by atoms with Gasteiger partial charge in [-0.3, -0.25) is 9.59 Å². The fraction of sp³-hybridized carbons (Fsp3) is 0.179. The number of amides is 2. The van der Waals surface area contributed by atoms with Crippen LogP contribution < -0.4 is 5.32 Å². The van der Waals surface area contributed by atoms with E-state index in [-0.39, 0.29) is 5.91 Å². The lowest BCUT2D eigenvalue weighted by Crippen LogP contribution is -2.31. The van der Waals surface area contributed by atoms with Gasteiger partial charge in [-0.25, -0.2) is 14.3 Å². The molecule has 0 unspecified atom stereocenters. The number of para-hydroxylation sites is 2. The van der Waals surface area contributed by atoms with E-state index >= 15 is 0 Å². The summed E-state index contributed by atoms with van der Waals surface area (Å²) in [5.41, 5.74) is 2.89. The molecule has 1 N–H and O–H groups in total. The smallest absolute Gasteiger partial charge is 0.260 e. The number of carbonyl (C=O) groups excluding carboxylic acids is 2. The number of aromatic nitrogens is 5. The minimum absolute atomic E-state index is 0.199. The lowest BCUT2D eigenvalue weighted by Gasteiger charge is -2.19. The molecular weight excluding hydrogens is 466 g/mol. The minimum Gasteiger partial charge on any atom is -0.339 e. The molecule has 5 rings (SSSR count). The van der Waals surface area contributed by atoms with Crippen molar-refractivity contribution >= 4 is 28.5 Å². The molecule has 0 atom stereocenters. The molecule has 0 aliphatic carbocycles. The number of fused-ring (bicyclic) bond motifs is 1. The van der Waals surface area contributed by atoms with Crippen LogP contribution in [0.4, 0.5) is 5.82 Å². The van der Waals surface area contributed by atoms with Gasteiger partial charge >= 0.3 is 0 Å². The number of anilines is 1. The van der Waals surface area contributed by atoms with Crippen molar-refractivity contribution in [3.8, 4) is 11.5 Å². The Balaban J connectivity index is 1.51. The number of nitrogens with one attached hydrogen (secondary N) is 1. The van der Waals surface area contributed by atoms with Crippen LogP contribution in [-0.2, 0) is 0 Å². The summed E-state index contributed by atoms with van der Waals surface area (Å²) in [5.74, 6) is 0.331. The average Bonchev–Trinajstić information content (AvgIpc) is 3.53. The van der Waals surface area contributed by atoms with Crippen LogP contribution in [0.15, 0.2) is 79.1 Å². The van der Waals surface area contributed by atoms with Crippen LogP contribution >= 0.6 is 0 Å². The number of pyridine rings is 1. The van der Waals surface area contributed by atoms with E-state index in [4.69, 9.17) is 0 Å². The number of rotatable bonds is 7. The van der Waals surface area contributed by atoms with Gasteiger partial charge < -0.3 is 10.2 Å². The van der Waals surface area contributed by atoms with Gasteiger partial charge in [0.1, 0.15) is 11.4 Å². The molecule has 0 saturated heterocycles. The maximum atomic E-state index is 13.5. The van der Waals surface area contributed by atoms with Crippen molar-refractivity contribution in [1.29, 1.82) is 0 Å². The molecule has 3 aromatic heterocycles. The summed E-state index contributed by atoms with van der Waals surface area (Å²) in [5, 5.41) is 12.8. The van der Waals surface area contributed by atoms with E-state index < -0.39 is 5.91 Å². The van der Waals surface area contributed by atoms with E-state index in [9.17, 15) is 9.59 Å². The Bertz CT molecular complexity index is 1580. The van der Waals surface area contributed by atoms with Crippen molar-refractivity contribution < 1.29 is 9.59 Å². The molecule has 3 heterocycles. The molecule has 0 radical (unpaired) electrons. The number of hydrogen-bond acceptors (Lipinski definition) is 5. The standard InChI is InChI=1S/C28H27N7O2/c1-4-33(5-2)28(37)23-18-30-35(21-12-7-6-8-13-21)26(23)32-27(36)22-17-29-34(19(22)3)25-16-15-20-11-9-10-14-24(20)31-25/h6-18H,4-5H2,1-3H3,(H,32,36). The van der Waals surface area contributed by atoms with E-state index in [1.54, 1.807) is 14.3 Å². The van der Waals surface area contributed by atoms with E-state index in [1.807, 2.05) is 87.5 Å². The van der Waals surface area contributed by atoms with Crippen LogP contribution in [0.5, 0.6) is 0 Å². The molecule has 37 heavy (non-hydrogen) atoms. The van der Waals surface area contributed by atoms with Gasteiger partial charge in [-0.1, -0.05) is 36.4 Å². The summed E-state index contributed by atoms with van der Waals surface area (Å²) in [6.07, 6.45) is 3.01. The minimum atomic E-state index is -0.393. The molecule has 0 bridgehead atoms. The zero-order valence-electron chi connectivity index (χ0n) is 20.9. The Kier molecular flexibility index (Phi) is 6.51. The predicted molar refractivity (Wildman–Crippen MR) is 142 cm³/mol. The predicted octanol–water partition coefficient (Wildman–Crippen LogP) is 4.65. The highest BCUT2D eigenvalue weighted by molar-refractivity contribution is 6.09. The first-order chi connectivity index (χ1) is 18.0. The van der Waals surface area contributed by atoms with Crippen LogP contribution in [0.25, 0.3) is 22.4 Å².